The number of hydrogen-bond donors (Lipinski definition) is 0. The molecule has 3 aliphatic rings. The number of benzene rings is 1. The summed E-state index contributed by atoms with van der Waals surface area (Å²) in [6.45, 7) is 14.2. The van der Waals surface area contributed by atoms with Crippen molar-refractivity contribution < 1.29 is 0 Å². The van der Waals surface area contributed by atoms with Crippen LogP contribution in [0.3, 0.4) is 0 Å². The quantitative estimate of drug-likeness (QED) is 0.791. The van der Waals surface area contributed by atoms with Crippen LogP contribution in [0.5, 0.6) is 0 Å². The van der Waals surface area contributed by atoms with Gasteiger partial charge < -0.3 is 14.7 Å². The molecule has 3 fully saturated rings. The Balaban J connectivity index is 1.37. The first kappa shape index (κ1) is 17.9. The number of likely N-dealkylation sites (tertiary alicyclic amines) is 2. The first-order valence-corrected chi connectivity index (χ1v) is 10.7. The van der Waals surface area contributed by atoms with Crippen molar-refractivity contribution in [3.05, 3.63) is 36.4 Å². The molecule has 142 valence electrons. The summed E-state index contributed by atoms with van der Waals surface area (Å²) in [7, 11) is 0. The van der Waals surface area contributed by atoms with Gasteiger partial charge in [0, 0.05) is 43.6 Å². The van der Waals surface area contributed by atoms with Crippen LogP contribution in [0.2, 0.25) is 0 Å². The van der Waals surface area contributed by atoms with E-state index in [1.54, 1.807) is 0 Å². The molecule has 0 saturated carbocycles. The largest absolute Gasteiger partial charge is 0.372 e. The first-order valence-electron chi connectivity index (χ1n) is 10.7. The van der Waals surface area contributed by atoms with E-state index < -0.39 is 0 Å². The van der Waals surface area contributed by atoms with Crippen LogP contribution in [0.4, 0.5) is 5.69 Å². The molecule has 0 N–H and O–H groups in total. The molecule has 26 heavy (non-hydrogen) atoms. The van der Waals surface area contributed by atoms with E-state index in [0.717, 1.165) is 25.0 Å². The third kappa shape index (κ3) is 3.93. The number of nitrogens with zero attached hydrogens (tertiary/aromatic N) is 3. The molecule has 3 aliphatic heterocycles. The Labute approximate surface area is 159 Å². The van der Waals surface area contributed by atoms with Gasteiger partial charge in [0.25, 0.3) is 0 Å². The van der Waals surface area contributed by atoms with Gasteiger partial charge in [-0.1, -0.05) is 25.6 Å². The molecule has 3 heterocycles. The zero-order chi connectivity index (χ0) is 17.9. The normalized spacial score (nSPS) is 23.6. The van der Waals surface area contributed by atoms with Gasteiger partial charge in [-0.3, -0.25) is 0 Å². The maximum atomic E-state index is 4.42. The lowest BCUT2D eigenvalue weighted by atomic mass is 9.97. The molecule has 0 radical (unpaired) electrons. The van der Waals surface area contributed by atoms with E-state index in [4.69, 9.17) is 0 Å². The monoisotopic (exact) mass is 353 g/mol. The lowest BCUT2D eigenvalue weighted by Gasteiger charge is -2.38. The fraction of sp³-hybridized carbons (Fsp3) is 0.652. The summed E-state index contributed by atoms with van der Waals surface area (Å²) in [5.74, 6) is 0.863. The van der Waals surface area contributed by atoms with Crippen molar-refractivity contribution in [1.29, 1.82) is 0 Å². The lowest BCUT2D eigenvalue weighted by Crippen LogP contribution is -2.43. The maximum Gasteiger partial charge on any atom is 0.0372 e. The average Bonchev–Trinajstić information content (AvgIpc) is 3.23. The standard InChI is InChI=1S/C23H35N3/c1-19-8-14-24(15-9-19)20(2)21-6-5-7-23(18-21)26-16-10-22(11-17-26)25-12-3-4-13-25/h5-7,18-19,22H,2-4,8-17H2,1H3. The minimum absolute atomic E-state index is 0.822. The summed E-state index contributed by atoms with van der Waals surface area (Å²) in [5, 5.41) is 0. The molecule has 3 nitrogen and oxygen atoms in total. The predicted octanol–water partition coefficient (Wildman–Crippen LogP) is 4.45. The highest BCUT2D eigenvalue weighted by Crippen LogP contribution is 2.29. The zero-order valence-corrected chi connectivity index (χ0v) is 16.5. The molecule has 0 aromatic heterocycles. The molecule has 4 rings (SSSR count). The molecule has 1 aromatic rings. The Morgan fingerprint density at radius 1 is 0.923 bits per heavy atom. The topological polar surface area (TPSA) is 9.72 Å². The van der Waals surface area contributed by atoms with E-state index in [-0.39, 0.29) is 0 Å². The van der Waals surface area contributed by atoms with Crippen molar-refractivity contribution in [2.75, 3.05) is 44.2 Å². The van der Waals surface area contributed by atoms with Crippen molar-refractivity contribution in [1.82, 2.24) is 9.80 Å². The highest BCUT2D eigenvalue weighted by Gasteiger charge is 2.26. The van der Waals surface area contributed by atoms with E-state index in [1.807, 2.05) is 0 Å². The van der Waals surface area contributed by atoms with Crippen LogP contribution in [0.25, 0.3) is 5.70 Å². The molecule has 0 bridgehead atoms. The van der Waals surface area contributed by atoms with Crippen molar-refractivity contribution in [3.63, 3.8) is 0 Å². The van der Waals surface area contributed by atoms with Crippen molar-refractivity contribution in [3.8, 4) is 0 Å². The van der Waals surface area contributed by atoms with Gasteiger partial charge in [0.05, 0.1) is 0 Å². The fourth-order valence-corrected chi connectivity index (χ4v) is 4.94. The minimum atomic E-state index is 0.822. The molecule has 0 spiro atoms. The highest BCUT2D eigenvalue weighted by molar-refractivity contribution is 5.66. The summed E-state index contributed by atoms with van der Waals surface area (Å²) in [6, 6.07) is 9.93. The van der Waals surface area contributed by atoms with E-state index >= 15 is 0 Å². The van der Waals surface area contributed by atoms with E-state index in [1.165, 1.54) is 81.7 Å². The molecule has 0 unspecified atom stereocenters. The molecule has 0 aliphatic carbocycles. The van der Waals surface area contributed by atoms with E-state index in [9.17, 15) is 0 Å². The van der Waals surface area contributed by atoms with Crippen molar-refractivity contribution >= 4 is 11.4 Å². The summed E-state index contributed by atoms with van der Waals surface area (Å²) in [5.41, 5.74) is 3.90. The second kappa shape index (κ2) is 8.04. The molecule has 3 saturated heterocycles. The second-order valence-electron chi connectivity index (χ2n) is 8.63. The molecule has 0 atom stereocenters. The number of piperidine rings is 2. The van der Waals surface area contributed by atoms with Crippen molar-refractivity contribution in [2.24, 2.45) is 5.92 Å². The lowest BCUT2D eigenvalue weighted by molar-refractivity contribution is 0.208. The van der Waals surface area contributed by atoms with Gasteiger partial charge in [0.1, 0.15) is 0 Å². The van der Waals surface area contributed by atoms with Gasteiger partial charge in [0.15, 0.2) is 0 Å². The van der Waals surface area contributed by atoms with E-state index in [0.29, 0.717) is 0 Å². The Bertz CT molecular complexity index is 604. The Morgan fingerprint density at radius 3 is 2.31 bits per heavy atom. The molecule has 3 heteroatoms. The maximum absolute atomic E-state index is 4.42. The van der Waals surface area contributed by atoms with Gasteiger partial charge in [0.2, 0.25) is 0 Å². The summed E-state index contributed by atoms with van der Waals surface area (Å²) in [4.78, 5) is 7.80. The van der Waals surface area contributed by atoms with Gasteiger partial charge >= 0.3 is 0 Å². The fourth-order valence-electron chi connectivity index (χ4n) is 4.94. The molecule has 0 amide bonds. The SMILES string of the molecule is C=C(c1cccc(N2CCC(N3CCCC3)CC2)c1)N1CCC(C)CC1. The van der Waals surface area contributed by atoms with Crippen LogP contribution in [-0.4, -0.2) is 55.1 Å². The summed E-state index contributed by atoms with van der Waals surface area (Å²) < 4.78 is 0. The van der Waals surface area contributed by atoms with Crippen LogP contribution >= 0.6 is 0 Å². The summed E-state index contributed by atoms with van der Waals surface area (Å²) in [6.07, 6.45) is 8.02. The third-order valence-corrected chi connectivity index (χ3v) is 6.83. The van der Waals surface area contributed by atoms with Gasteiger partial charge in [-0.2, -0.15) is 0 Å². The predicted molar refractivity (Wildman–Crippen MR) is 111 cm³/mol. The van der Waals surface area contributed by atoms with Crippen molar-refractivity contribution in [2.45, 2.75) is 51.5 Å². The Kier molecular flexibility index (Phi) is 5.54. The van der Waals surface area contributed by atoms with Crippen LogP contribution < -0.4 is 4.90 Å². The summed E-state index contributed by atoms with van der Waals surface area (Å²) >= 11 is 0. The molecule has 1 aromatic carbocycles. The smallest absolute Gasteiger partial charge is 0.0372 e. The third-order valence-electron chi connectivity index (χ3n) is 6.83. The van der Waals surface area contributed by atoms with E-state index in [2.05, 4.69) is 52.5 Å². The molecular formula is C23H35N3. The number of anilines is 1. The average molecular weight is 354 g/mol. The van der Waals surface area contributed by atoms with Gasteiger partial charge in [-0.15, -0.1) is 0 Å². The first-order chi connectivity index (χ1) is 12.7. The van der Waals surface area contributed by atoms with Gasteiger partial charge in [-0.05, 0) is 75.2 Å². The molecular weight excluding hydrogens is 318 g/mol. The number of hydrogen-bond acceptors (Lipinski definition) is 3. The Morgan fingerprint density at radius 2 is 1.62 bits per heavy atom. The van der Waals surface area contributed by atoms with Crippen LogP contribution in [-0.2, 0) is 0 Å². The minimum Gasteiger partial charge on any atom is -0.372 e. The zero-order valence-electron chi connectivity index (χ0n) is 16.5. The van der Waals surface area contributed by atoms with Crippen LogP contribution in [0.15, 0.2) is 30.8 Å². The Hall–Kier alpha value is -1.48. The number of rotatable bonds is 4. The highest BCUT2D eigenvalue weighted by atomic mass is 15.2. The van der Waals surface area contributed by atoms with Crippen LogP contribution in [0, 0.1) is 5.92 Å². The second-order valence-corrected chi connectivity index (χ2v) is 8.63. The van der Waals surface area contributed by atoms with Crippen LogP contribution in [0.1, 0.15) is 51.0 Å². The van der Waals surface area contributed by atoms with Gasteiger partial charge in [-0.25, -0.2) is 0 Å².